The van der Waals surface area contributed by atoms with Gasteiger partial charge in [-0.05, 0) is 30.7 Å². The summed E-state index contributed by atoms with van der Waals surface area (Å²) in [6, 6.07) is 9.94. The monoisotopic (exact) mass is 326 g/mol. The van der Waals surface area contributed by atoms with Crippen LogP contribution in [-0.2, 0) is 15.6 Å². The fraction of sp³-hybridized carbons (Fsp3) is 0.188. The summed E-state index contributed by atoms with van der Waals surface area (Å²) in [5.41, 5.74) is 1.78. The van der Waals surface area contributed by atoms with Crippen LogP contribution in [0, 0.1) is 25.2 Å². The molecule has 2 rings (SSSR count). The number of hydrogen-bond donors (Lipinski definition) is 0. The third-order valence-corrected chi connectivity index (χ3v) is 4.99. The molecular formula is C16H14N4O2S. The van der Waals surface area contributed by atoms with Crippen molar-refractivity contribution in [2.75, 3.05) is 0 Å². The van der Waals surface area contributed by atoms with E-state index in [0.29, 0.717) is 11.3 Å². The third-order valence-electron chi connectivity index (χ3n) is 3.31. The summed E-state index contributed by atoms with van der Waals surface area (Å²) in [5.74, 6) is 1.54. The summed E-state index contributed by atoms with van der Waals surface area (Å²) < 4.78 is 26.0. The minimum Gasteiger partial charge on any atom is -0.757 e. The minimum absolute atomic E-state index is 0.180. The first-order chi connectivity index (χ1) is 10.9. The van der Waals surface area contributed by atoms with Crippen molar-refractivity contribution in [1.82, 2.24) is 5.10 Å². The predicted octanol–water partition coefficient (Wildman–Crippen LogP) is 1.56. The van der Waals surface area contributed by atoms with E-state index in [0.717, 1.165) is 10.2 Å². The van der Waals surface area contributed by atoms with Gasteiger partial charge in [-0.2, -0.15) is 11.1 Å². The molecule has 0 spiro atoms. The fourth-order valence-electron chi connectivity index (χ4n) is 1.98. The van der Waals surface area contributed by atoms with Crippen LogP contribution in [0.1, 0.15) is 16.8 Å². The van der Waals surface area contributed by atoms with E-state index >= 15 is 0 Å². The number of allylic oxidation sites excluding steroid dienone is 1. The smallest absolute Gasteiger partial charge is 0.335 e. The Morgan fingerprint density at radius 1 is 1.26 bits per heavy atom. The standard InChI is InChI=1S/C16H14N4O2S/c1-12-3-5-16(6-4-12)23(21,22)11-14-7-8-20(19-13(14)2)15(9-17)10-18/h3-8H,11H2,1-2H3. The van der Waals surface area contributed by atoms with Crippen LogP contribution in [0.5, 0.6) is 0 Å². The van der Waals surface area contributed by atoms with Gasteiger partial charge in [0.25, 0.3) is 0 Å². The Morgan fingerprint density at radius 2 is 1.91 bits per heavy atom. The van der Waals surface area contributed by atoms with Gasteiger partial charge in [0, 0.05) is 16.7 Å². The maximum atomic E-state index is 12.5. The molecule has 0 atom stereocenters. The highest BCUT2D eigenvalue weighted by atomic mass is 32.2. The van der Waals surface area contributed by atoms with E-state index in [9.17, 15) is 8.42 Å². The van der Waals surface area contributed by atoms with E-state index in [4.69, 9.17) is 10.7 Å². The zero-order chi connectivity index (χ0) is 17.0. The van der Waals surface area contributed by atoms with Gasteiger partial charge in [0.05, 0.1) is 10.6 Å². The van der Waals surface area contributed by atoms with Crippen LogP contribution >= 0.6 is 0 Å². The van der Waals surface area contributed by atoms with Crippen molar-refractivity contribution in [3.05, 3.63) is 58.8 Å². The van der Waals surface area contributed by atoms with Gasteiger partial charge in [-0.15, -0.1) is 0 Å². The topological polar surface area (TPSA) is 97.0 Å². The summed E-state index contributed by atoms with van der Waals surface area (Å²) in [6.07, 6.45) is 1.41. The highest BCUT2D eigenvalue weighted by molar-refractivity contribution is 7.90. The molecule has 0 radical (unpaired) electrons. The Bertz CT molecular complexity index is 935. The van der Waals surface area contributed by atoms with Gasteiger partial charge in [0.15, 0.2) is 15.9 Å². The van der Waals surface area contributed by atoms with Crippen molar-refractivity contribution < 1.29 is 13.1 Å². The summed E-state index contributed by atoms with van der Waals surface area (Å²) in [6.45, 7) is 3.53. The van der Waals surface area contributed by atoms with Gasteiger partial charge in [0.2, 0.25) is 6.20 Å². The molecule has 0 saturated carbocycles. The molecule has 7 heteroatoms. The van der Waals surface area contributed by atoms with Gasteiger partial charge in [-0.1, -0.05) is 17.7 Å². The number of sulfone groups is 1. The van der Waals surface area contributed by atoms with Crippen LogP contribution in [0.25, 0.3) is 11.1 Å². The largest absolute Gasteiger partial charge is 0.757 e. The van der Waals surface area contributed by atoms with Crippen LogP contribution < -0.4 is 4.68 Å². The SMILES string of the molecule is Cc1ccc(S(=O)(=O)Cc2cc[n+](C(=C=[N-])C#N)nc2C)cc1. The highest BCUT2D eigenvalue weighted by Crippen LogP contribution is 2.17. The van der Waals surface area contributed by atoms with Crippen LogP contribution in [0.2, 0.25) is 0 Å². The minimum atomic E-state index is -3.48. The molecule has 0 aliphatic heterocycles. The Morgan fingerprint density at radius 3 is 2.43 bits per heavy atom. The van der Waals surface area contributed by atoms with Crippen molar-refractivity contribution in [3.8, 4) is 6.07 Å². The molecule has 0 unspecified atom stereocenters. The van der Waals surface area contributed by atoms with Crippen molar-refractivity contribution in [3.63, 3.8) is 0 Å². The zero-order valence-electron chi connectivity index (χ0n) is 12.7. The fourth-order valence-corrected chi connectivity index (χ4v) is 3.41. The van der Waals surface area contributed by atoms with E-state index in [1.807, 2.05) is 6.92 Å². The number of rotatable bonds is 4. The number of nitriles is 1. The van der Waals surface area contributed by atoms with Crippen LogP contribution in [0.3, 0.4) is 0 Å². The van der Waals surface area contributed by atoms with E-state index < -0.39 is 9.84 Å². The molecule has 23 heavy (non-hydrogen) atoms. The molecule has 0 bridgehead atoms. The molecule has 116 valence electrons. The Labute approximate surface area is 134 Å². The molecule has 6 nitrogen and oxygen atoms in total. The lowest BCUT2D eigenvalue weighted by molar-refractivity contribution is -0.642. The molecule has 0 aliphatic carbocycles. The maximum Gasteiger partial charge on any atom is 0.335 e. The molecule has 0 amide bonds. The number of hydrogen-bond acceptors (Lipinski definition) is 4. The van der Waals surface area contributed by atoms with Crippen LogP contribution in [-0.4, -0.2) is 19.4 Å². The lowest BCUT2D eigenvalue weighted by Crippen LogP contribution is -2.37. The van der Waals surface area contributed by atoms with Crippen molar-refractivity contribution >= 4 is 21.4 Å². The Hall–Kier alpha value is -2.81. The van der Waals surface area contributed by atoms with E-state index in [2.05, 4.69) is 5.10 Å². The maximum absolute atomic E-state index is 12.5. The molecule has 0 aliphatic rings. The summed E-state index contributed by atoms with van der Waals surface area (Å²) in [4.78, 5) is 0.250. The van der Waals surface area contributed by atoms with Gasteiger partial charge < -0.3 is 5.41 Å². The van der Waals surface area contributed by atoms with Gasteiger partial charge in [-0.3, -0.25) is 0 Å². The highest BCUT2D eigenvalue weighted by Gasteiger charge is 2.19. The first-order valence-electron chi connectivity index (χ1n) is 6.73. The second-order valence-electron chi connectivity index (χ2n) is 5.02. The normalized spacial score (nSPS) is 10.7. The number of aryl methyl sites for hydroxylation is 2. The van der Waals surface area contributed by atoms with Crippen LogP contribution in [0.4, 0.5) is 0 Å². The van der Waals surface area contributed by atoms with Crippen molar-refractivity contribution in [1.29, 1.82) is 5.26 Å². The molecule has 1 heterocycles. The summed E-state index contributed by atoms with van der Waals surface area (Å²) in [7, 11) is -3.48. The lowest BCUT2D eigenvalue weighted by atomic mass is 10.2. The van der Waals surface area contributed by atoms with Gasteiger partial charge in [0.1, 0.15) is 5.69 Å². The molecule has 1 aromatic heterocycles. The molecule has 1 aromatic carbocycles. The second-order valence-corrected chi connectivity index (χ2v) is 7.00. The second kappa shape index (κ2) is 6.53. The van der Waals surface area contributed by atoms with Gasteiger partial charge in [-0.25, -0.2) is 8.42 Å². The molecule has 0 N–H and O–H groups in total. The van der Waals surface area contributed by atoms with E-state index in [1.165, 1.54) is 6.20 Å². The molecule has 0 saturated heterocycles. The molecule has 2 aromatic rings. The quantitative estimate of drug-likeness (QED) is 0.484. The lowest BCUT2D eigenvalue weighted by Gasteiger charge is -2.06. The van der Waals surface area contributed by atoms with E-state index in [-0.39, 0.29) is 16.3 Å². The van der Waals surface area contributed by atoms with E-state index in [1.54, 1.807) is 49.2 Å². The predicted molar refractivity (Wildman–Crippen MR) is 84.9 cm³/mol. The van der Waals surface area contributed by atoms with Gasteiger partial charge >= 0.3 is 5.70 Å². The zero-order valence-corrected chi connectivity index (χ0v) is 13.5. The third kappa shape index (κ3) is 3.69. The molecular weight excluding hydrogens is 312 g/mol. The number of benzene rings is 1. The summed E-state index contributed by atoms with van der Waals surface area (Å²) in [5, 5.41) is 21.7. The Balaban J connectivity index is 2.35. The Kier molecular flexibility index (Phi) is 4.70. The summed E-state index contributed by atoms with van der Waals surface area (Å²) >= 11 is 0. The van der Waals surface area contributed by atoms with Crippen molar-refractivity contribution in [2.45, 2.75) is 24.5 Å². The van der Waals surface area contributed by atoms with Crippen LogP contribution in [0.15, 0.2) is 41.4 Å². The first-order valence-corrected chi connectivity index (χ1v) is 8.38. The molecule has 0 fully saturated rings. The average molecular weight is 326 g/mol. The number of aromatic nitrogens is 2. The van der Waals surface area contributed by atoms with Crippen molar-refractivity contribution in [2.24, 2.45) is 0 Å². The average Bonchev–Trinajstić information content (AvgIpc) is 2.51. The number of nitrogens with zero attached hydrogens (tertiary/aromatic N) is 4. The first kappa shape index (κ1) is 16.6.